The van der Waals surface area contributed by atoms with Crippen molar-refractivity contribution in [1.82, 2.24) is 5.32 Å². The second-order valence-corrected chi connectivity index (χ2v) is 4.86. The van der Waals surface area contributed by atoms with Gasteiger partial charge in [-0.2, -0.15) is 0 Å². The molecule has 2 rings (SSSR count). The van der Waals surface area contributed by atoms with Gasteiger partial charge >= 0.3 is 0 Å². The van der Waals surface area contributed by atoms with Crippen LogP contribution < -0.4 is 5.32 Å². The highest BCUT2D eigenvalue weighted by atomic mass is 16.6. The van der Waals surface area contributed by atoms with Crippen molar-refractivity contribution in [3.8, 4) is 0 Å². The maximum absolute atomic E-state index is 12.0. The highest BCUT2D eigenvalue weighted by Crippen LogP contribution is 2.25. The number of carbonyl (C=O) groups is 1. The fraction of sp³-hybridized carbons (Fsp3) is 0.462. The molecule has 0 aromatic heterocycles. The lowest BCUT2D eigenvalue weighted by atomic mass is 10.1. The summed E-state index contributed by atoms with van der Waals surface area (Å²) in [6.07, 6.45) is 3.00. The summed E-state index contributed by atoms with van der Waals surface area (Å²) in [4.78, 5) is 22.3. The molecule has 1 aliphatic carbocycles. The summed E-state index contributed by atoms with van der Waals surface area (Å²) in [6, 6.07) is 6.19. The first kappa shape index (κ1) is 12.5. The molecule has 2 atom stereocenters. The van der Waals surface area contributed by atoms with Gasteiger partial charge in [-0.05, 0) is 31.2 Å². The van der Waals surface area contributed by atoms with Crippen molar-refractivity contribution in [3.05, 3.63) is 39.9 Å². The minimum Gasteiger partial charge on any atom is -0.349 e. The van der Waals surface area contributed by atoms with E-state index in [1.54, 1.807) is 12.1 Å². The number of nitrogens with zero attached hydrogens (tertiary/aromatic N) is 1. The van der Waals surface area contributed by atoms with Crippen molar-refractivity contribution < 1.29 is 9.72 Å². The number of hydrogen-bond donors (Lipinski definition) is 1. The predicted octanol–water partition coefficient (Wildman–Crippen LogP) is 2.51. The monoisotopic (exact) mass is 248 g/mol. The first-order valence-electron chi connectivity index (χ1n) is 6.12. The van der Waals surface area contributed by atoms with Gasteiger partial charge in [-0.1, -0.05) is 19.1 Å². The first-order chi connectivity index (χ1) is 8.58. The molecule has 0 spiro atoms. The Bertz CT molecular complexity index is 473. The molecule has 2 unspecified atom stereocenters. The Balaban J connectivity index is 2.11. The van der Waals surface area contributed by atoms with Gasteiger partial charge < -0.3 is 5.32 Å². The summed E-state index contributed by atoms with van der Waals surface area (Å²) in [5.74, 6) is 0.266. The molecule has 18 heavy (non-hydrogen) atoms. The van der Waals surface area contributed by atoms with Crippen LogP contribution in [0.1, 0.15) is 36.5 Å². The van der Waals surface area contributed by atoms with Crippen LogP contribution in [0.3, 0.4) is 0 Å². The molecule has 5 nitrogen and oxygen atoms in total. The number of benzene rings is 1. The lowest BCUT2D eigenvalue weighted by Gasteiger charge is -2.12. The number of hydrogen-bond acceptors (Lipinski definition) is 3. The molecule has 1 saturated carbocycles. The largest absolute Gasteiger partial charge is 0.349 e. The molecule has 0 bridgehead atoms. The highest BCUT2D eigenvalue weighted by molar-refractivity contribution is 5.98. The number of nitro benzene ring substituents is 1. The van der Waals surface area contributed by atoms with Crippen LogP contribution in [0.2, 0.25) is 0 Å². The number of carbonyl (C=O) groups excluding carboxylic acids is 1. The van der Waals surface area contributed by atoms with Crippen LogP contribution >= 0.6 is 0 Å². The Morgan fingerprint density at radius 3 is 2.72 bits per heavy atom. The van der Waals surface area contributed by atoms with Crippen LogP contribution in [-0.2, 0) is 0 Å². The molecule has 0 saturated heterocycles. The first-order valence-corrected chi connectivity index (χ1v) is 6.12. The van der Waals surface area contributed by atoms with Crippen LogP contribution in [-0.4, -0.2) is 16.9 Å². The van der Waals surface area contributed by atoms with Crippen LogP contribution in [0.4, 0.5) is 5.69 Å². The Morgan fingerprint density at radius 2 is 2.11 bits per heavy atom. The van der Waals surface area contributed by atoms with Gasteiger partial charge in [0.25, 0.3) is 11.6 Å². The molecule has 0 heterocycles. The van der Waals surface area contributed by atoms with Crippen molar-refractivity contribution in [1.29, 1.82) is 0 Å². The number of nitrogens with one attached hydrogen (secondary N) is 1. The molecule has 1 amide bonds. The fourth-order valence-corrected chi connectivity index (χ4v) is 2.43. The lowest BCUT2D eigenvalue weighted by molar-refractivity contribution is -0.385. The van der Waals surface area contributed by atoms with Gasteiger partial charge in [0.2, 0.25) is 0 Å². The van der Waals surface area contributed by atoms with E-state index in [2.05, 4.69) is 12.2 Å². The third kappa shape index (κ3) is 2.67. The van der Waals surface area contributed by atoms with E-state index in [1.165, 1.54) is 12.1 Å². The molecule has 0 aliphatic heterocycles. The molecule has 1 aromatic carbocycles. The molecule has 96 valence electrons. The van der Waals surface area contributed by atoms with Crippen molar-refractivity contribution in [2.75, 3.05) is 0 Å². The summed E-state index contributed by atoms with van der Waals surface area (Å²) in [6.45, 7) is 2.15. The third-order valence-electron chi connectivity index (χ3n) is 3.38. The molecule has 1 aromatic rings. The standard InChI is InChI=1S/C13H16N2O3/c1-9-6-7-10(8-9)14-13(16)11-4-2-3-5-12(11)15(17)18/h2-5,9-10H,6-8H2,1H3,(H,14,16). The summed E-state index contributed by atoms with van der Waals surface area (Å²) in [5.41, 5.74) is 0.00287. The van der Waals surface area contributed by atoms with Gasteiger partial charge in [-0.3, -0.25) is 14.9 Å². The zero-order valence-corrected chi connectivity index (χ0v) is 10.3. The lowest BCUT2D eigenvalue weighted by Crippen LogP contribution is -2.33. The maximum Gasteiger partial charge on any atom is 0.282 e. The topological polar surface area (TPSA) is 72.2 Å². The van der Waals surface area contributed by atoms with E-state index in [-0.39, 0.29) is 23.2 Å². The summed E-state index contributed by atoms with van der Waals surface area (Å²) < 4.78 is 0. The average Bonchev–Trinajstić information content (AvgIpc) is 2.74. The Kier molecular flexibility index (Phi) is 3.60. The van der Waals surface area contributed by atoms with E-state index in [0.717, 1.165) is 19.3 Å². The van der Waals surface area contributed by atoms with Gasteiger partial charge in [-0.15, -0.1) is 0 Å². The van der Waals surface area contributed by atoms with Gasteiger partial charge in [-0.25, -0.2) is 0 Å². The van der Waals surface area contributed by atoms with Gasteiger partial charge in [0, 0.05) is 12.1 Å². The van der Waals surface area contributed by atoms with Crippen molar-refractivity contribution in [2.45, 2.75) is 32.2 Å². The zero-order valence-electron chi connectivity index (χ0n) is 10.3. The van der Waals surface area contributed by atoms with E-state index in [4.69, 9.17) is 0 Å². The van der Waals surface area contributed by atoms with Crippen LogP contribution in [0, 0.1) is 16.0 Å². The second kappa shape index (κ2) is 5.16. The Morgan fingerprint density at radius 1 is 1.39 bits per heavy atom. The highest BCUT2D eigenvalue weighted by Gasteiger charge is 2.25. The molecule has 1 N–H and O–H groups in total. The number of amides is 1. The summed E-state index contributed by atoms with van der Waals surface area (Å²) in [7, 11) is 0. The summed E-state index contributed by atoms with van der Waals surface area (Å²) in [5, 5.41) is 13.7. The van der Waals surface area contributed by atoms with Crippen LogP contribution in [0.15, 0.2) is 24.3 Å². The molecule has 0 radical (unpaired) electrons. The molecule has 1 aliphatic rings. The van der Waals surface area contributed by atoms with Gasteiger partial charge in [0.1, 0.15) is 5.56 Å². The van der Waals surface area contributed by atoms with E-state index in [0.29, 0.717) is 5.92 Å². The third-order valence-corrected chi connectivity index (χ3v) is 3.38. The second-order valence-electron chi connectivity index (χ2n) is 4.86. The Hall–Kier alpha value is -1.91. The van der Waals surface area contributed by atoms with E-state index < -0.39 is 4.92 Å². The normalized spacial score (nSPS) is 22.7. The SMILES string of the molecule is CC1CCC(NC(=O)c2ccccc2[N+](=O)[O-])C1. The van der Waals surface area contributed by atoms with E-state index in [1.807, 2.05) is 0 Å². The van der Waals surface area contributed by atoms with Gasteiger partial charge in [0.15, 0.2) is 0 Å². The summed E-state index contributed by atoms with van der Waals surface area (Å²) >= 11 is 0. The van der Waals surface area contributed by atoms with Crippen molar-refractivity contribution in [3.63, 3.8) is 0 Å². The molecular weight excluding hydrogens is 232 g/mol. The number of rotatable bonds is 3. The van der Waals surface area contributed by atoms with E-state index >= 15 is 0 Å². The number of nitro groups is 1. The van der Waals surface area contributed by atoms with Crippen molar-refractivity contribution in [2.24, 2.45) is 5.92 Å². The molecule has 1 fully saturated rings. The fourth-order valence-electron chi connectivity index (χ4n) is 2.43. The predicted molar refractivity (Wildman–Crippen MR) is 67.4 cm³/mol. The minimum absolute atomic E-state index is 0.138. The zero-order chi connectivity index (χ0) is 13.1. The Labute approximate surface area is 105 Å². The van der Waals surface area contributed by atoms with E-state index in [9.17, 15) is 14.9 Å². The van der Waals surface area contributed by atoms with Crippen LogP contribution in [0.5, 0.6) is 0 Å². The molecule has 5 heteroatoms. The molecular formula is C13H16N2O3. The van der Waals surface area contributed by atoms with Crippen LogP contribution in [0.25, 0.3) is 0 Å². The smallest absolute Gasteiger partial charge is 0.282 e. The van der Waals surface area contributed by atoms with Crippen molar-refractivity contribution >= 4 is 11.6 Å². The number of para-hydroxylation sites is 1. The quantitative estimate of drug-likeness (QED) is 0.659. The minimum atomic E-state index is -0.522. The average molecular weight is 248 g/mol. The van der Waals surface area contributed by atoms with Gasteiger partial charge in [0.05, 0.1) is 4.92 Å². The maximum atomic E-state index is 12.0.